The molecule has 1 N–H and O–H groups in total. The Morgan fingerprint density at radius 1 is 1.14 bits per heavy atom. The maximum atomic E-state index is 10.5. The van der Waals surface area contributed by atoms with Gasteiger partial charge < -0.3 is 14.6 Å². The number of rotatable bonds is 5. The number of hydrogen-bond donors (Lipinski definition) is 1. The van der Waals surface area contributed by atoms with Crippen LogP contribution < -0.4 is 9.47 Å². The Kier molecular flexibility index (Phi) is 5.51. The third-order valence-electron chi connectivity index (χ3n) is 3.19. The lowest BCUT2D eigenvalue weighted by molar-refractivity contribution is 0.174. The number of methoxy groups -OCH3 is 2. The summed E-state index contributed by atoms with van der Waals surface area (Å²) in [6.07, 6.45) is -0.240. The minimum Gasteiger partial charge on any atom is -0.497 e. The normalized spacial score (nSPS) is 12.0. The van der Waals surface area contributed by atoms with E-state index in [-0.39, 0.29) is 0 Å². The van der Waals surface area contributed by atoms with Crippen molar-refractivity contribution in [3.8, 4) is 11.5 Å². The minimum atomic E-state index is -0.705. The molecule has 0 fully saturated rings. The van der Waals surface area contributed by atoms with E-state index in [9.17, 15) is 5.11 Å². The summed E-state index contributed by atoms with van der Waals surface area (Å²) < 4.78 is 11.2. The number of aliphatic hydroxyl groups excluding tert-OH is 1. The molecule has 0 bridgehead atoms. The van der Waals surface area contributed by atoms with E-state index in [1.807, 2.05) is 24.3 Å². The van der Waals surface area contributed by atoms with Gasteiger partial charge in [0, 0.05) is 17.0 Å². The SMILES string of the molecule is COc1ccc(CC(O)c2cc(Cl)cc(Br)c2OC)cc1. The van der Waals surface area contributed by atoms with Gasteiger partial charge in [0.2, 0.25) is 0 Å². The van der Waals surface area contributed by atoms with Crippen molar-refractivity contribution in [2.45, 2.75) is 12.5 Å². The average Bonchev–Trinajstić information content (AvgIpc) is 2.47. The third kappa shape index (κ3) is 3.90. The van der Waals surface area contributed by atoms with Gasteiger partial charge in [-0.3, -0.25) is 0 Å². The summed E-state index contributed by atoms with van der Waals surface area (Å²) in [5.41, 5.74) is 1.66. The zero-order valence-electron chi connectivity index (χ0n) is 11.8. The van der Waals surface area contributed by atoms with Crippen LogP contribution in [0.4, 0.5) is 0 Å². The van der Waals surface area contributed by atoms with Crippen LogP contribution in [0.1, 0.15) is 17.2 Å². The second-order valence-corrected chi connectivity index (χ2v) is 5.87. The average molecular weight is 372 g/mol. The molecule has 21 heavy (non-hydrogen) atoms. The van der Waals surface area contributed by atoms with Crippen molar-refractivity contribution in [2.24, 2.45) is 0 Å². The van der Waals surface area contributed by atoms with Crippen LogP contribution in [0.3, 0.4) is 0 Å². The van der Waals surface area contributed by atoms with Crippen LogP contribution in [-0.2, 0) is 6.42 Å². The van der Waals surface area contributed by atoms with E-state index in [1.165, 1.54) is 0 Å². The van der Waals surface area contributed by atoms with Gasteiger partial charge in [0.05, 0.1) is 24.8 Å². The van der Waals surface area contributed by atoms with E-state index in [1.54, 1.807) is 26.4 Å². The molecular weight excluding hydrogens is 356 g/mol. The van der Waals surface area contributed by atoms with Gasteiger partial charge in [-0.1, -0.05) is 23.7 Å². The molecule has 112 valence electrons. The first-order valence-corrected chi connectivity index (χ1v) is 7.56. The molecule has 3 nitrogen and oxygen atoms in total. The van der Waals surface area contributed by atoms with Crippen molar-refractivity contribution < 1.29 is 14.6 Å². The van der Waals surface area contributed by atoms with Crippen LogP contribution >= 0.6 is 27.5 Å². The van der Waals surface area contributed by atoms with Crippen LogP contribution in [0.5, 0.6) is 11.5 Å². The summed E-state index contributed by atoms with van der Waals surface area (Å²) >= 11 is 9.45. The van der Waals surface area contributed by atoms with Crippen molar-refractivity contribution in [2.75, 3.05) is 14.2 Å². The van der Waals surface area contributed by atoms with E-state index >= 15 is 0 Å². The number of benzene rings is 2. The molecule has 2 rings (SSSR count). The van der Waals surface area contributed by atoms with Crippen LogP contribution in [0, 0.1) is 0 Å². The molecule has 1 unspecified atom stereocenters. The highest BCUT2D eigenvalue weighted by atomic mass is 79.9. The lowest BCUT2D eigenvalue weighted by Gasteiger charge is -2.17. The first-order chi connectivity index (χ1) is 10.0. The number of halogens is 2. The monoisotopic (exact) mass is 370 g/mol. The number of hydrogen-bond acceptors (Lipinski definition) is 3. The van der Waals surface area contributed by atoms with Gasteiger partial charge in [0.1, 0.15) is 11.5 Å². The van der Waals surface area contributed by atoms with E-state index in [0.717, 1.165) is 15.8 Å². The Balaban J connectivity index is 2.25. The molecule has 2 aromatic rings. The molecular formula is C16H16BrClO3. The molecule has 0 amide bonds. The Hall–Kier alpha value is -1.23. The quantitative estimate of drug-likeness (QED) is 0.847. The lowest BCUT2D eigenvalue weighted by Crippen LogP contribution is -2.05. The second kappa shape index (κ2) is 7.16. The zero-order chi connectivity index (χ0) is 15.4. The molecule has 0 spiro atoms. The maximum absolute atomic E-state index is 10.5. The fourth-order valence-corrected chi connectivity index (χ4v) is 3.13. The molecule has 2 aromatic carbocycles. The van der Waals surface area contributed by atoms with Crippen LogP contribution in [0.15, 0.2) is 40.9 Å². The highest BCUT2D eigenvalue weighted by Gasteiger charge is 2.17. The van der Waals surface area contributed by atoms with Gasteiger partial charge in [0.15, 0.2) is 0 Å². The predicted molar refractivity (Wildman–Crippen MR) is 87.4 cm³/mol. The lowest BCUT2D eigenvalue weighted by atomic mass is 10.0. The first kappa shape index (κ1) is 16.1. The van der Waals surface area contributed by atoms with Crippen molar-refractivity contribution in [1.82, 2.24) is 0 Å². The fourth-order valence-electron chi connectivity index (χ4n) is 2.14. The van der Waals surface area contributed by atoms with E-state index in [0.29, 0.717) is 22.8 Å². The van der Waals surface area contributed by atoms with Gasteiger partial charge in [-0.15, -0.1) is 0 Å². The van der Waals surface area contributed by atoms with Crippen molar-refractivity contribution in [3.63, 3.8) is 0 Å². The van der Waals surface area contributed by atoms with Crippen LogP contribution in [0.2, 0.25) is 5.02 Å². The Labute approximate surface area is 137 Å². The predicted octanol–water partition coefficient (Wildman–Crippen LogP) is 4.40. The molecule has 0 heterocycles. The molecule has 0 aromatic heterocycles. The summed E-state index contributed by atoms with van der Waals surface area (Å²) in [5.74, 6) is 1.39. The minimum absolute atomic E-state index is 0.465. The van der Waals surface area contributed by atoms with Crippen molar-refractivity contribution in [1.29, 1.82) is 0 Å². The molecule has 0 saturated heterocycles. The molecule has 0 saturated carbocycles. The van der Waals surface area contributed by atoms with Crippen LogP contribution in [0.25, 0.3) is 0 Å². The maximum Gasteiger partial charge on any atom is 0.138 e. The van der Waals surface area contributed by atoms with Crippen LogP contribution in [-0.4, -0.2) is 19.3 Å². The Bertz CT molecular complexity index is 614. The van der Waals surface area contributed by atoms with Gasteiger partial charge in [-0.05, 0) is 45.8 Å². The molecule has 0 aliphatic rings. The van der Waals surface area contributed by atoms with E-state index in [2.05, 4.69) is 15.9 Å². The van der Waals surface area contributed by atoms with E-state index < -0.39 is 6.10 Å². The van der Waals surface area contributed by atoms with E-state index in [4.69, 9.17) is 21.1 Å². The molecule has 0 radical (unpaired) electrons. The summed E-state index contributed by atoms with van der Waals surface area (Å²) in [6, 6.07) is 11.0. The number of ether oxygens (including phenoxy) is 2. The van der Waals surface area contributed by atoms with Gasteiger partial charge in [-0.25, -0.2) is 0 Å². The topological polar surface area (TPSA) is 38.7 Å². The Morgan fingerprint density at radius 2 is 1.81 bits per heavy atom. The molecule has 1 atom stereocenters. The highest BCUT2D eigenvalue weighted by molar-refractivity contribution is 9.10. The molecule has 0 aliphatic carbocycles. The smallest absolute Gasteiger partial charge is 0.138 e. The fraction of sp³-hybridized carbons (Fsp3) is 0.250. The standard InChI is InChI=1S/C16H16BrClO3/c1-20-12-5-3-10(4-6-12)7-15(19)13-8-11(18)9-14(17)16(13)21-2/h3-6,8-9,15,19H,7H2,1-2H3. The summed E-state index contributed by atoms with van der Waals surface area (Å²) in [5, 5.41) is 11.0. The molecule has 5 heteroatoms. The van der Waals surface area contributed by atoms with Gasteiger partial charge in [-0.2, -0.15) is 0 Å². The third-order valence-corrected chi connectivity index (χ3v) is 4.00. The highest BCUT2D eigenvalue weighted by Crippen LogP contribution is 2.37. The second-order valence-electron chi connectivity index (χ2n) is 4.58. The largest absolute Gasteiger partial charge is 0.497 e. The van der Waals surface area contributed by atoms with Crippen molar-refractivity contribution in [3.05, 3.63) is 57.0 Å². The van der Waals surface area contributed by atoms with Crippen molar-refractivity contribution >= 4 is 27.5 Å². The summed E-state index contributed by atoms with van der Waals surface area (Å²) in [7, 11) is 3.19. The first-order valence-electron chi connectivity index (χ1n) is 6.39. The zero-order valence-corrected chi connectivity index (χ0v) is 14.1. The van der Waals surface area contributed by atoms with Gasteiger partial charge in [0.25, 0.3) is 0 Å². The summed E-state index contributed by atoms with van der Waals surface area (Å²) in [4.78, 5) is 0. The summed E-state index contributed by atoms with van der Waals surface area (Å²) in [6.45, 7) is 0. The number of aliphatic hydroxyl groups is 1. The van der Waals surface area contributed by atoms with Gasteiger partial charge >= 0.3 is 0 Å². The Morgan fingerprint density at radius 3 is 2.38 bits per heavy atom. The molecule has 0 aliphatic heterocycles.